The Morgan fingerprint density at radius 3 is 2.50 bits per heavy atom. The second-order valence-corrected chi connectivity index (χ2v) is 12.1. The number of hydrogen-bond acceptors (Lipinski definition) is 5. The minimum absolute atomic E-state index is 0.0591. The van der Waals surface area contributed by atoms with Crippen molar-refractivity contribution in [2.45, 2.75) is 43.0 Å². The van der Waals surface area contributed by atoms with Crippen molar-refractivity contribution in [3.8, 4) is 11.1 Å². The van der Waals surface area contributed by atoms with Crippen LogP contribution in [-0.4, -0.2) is 48.4 Å². The fourth-order valence-electron chi connectivity index (χ4n) is 5.54. The molecule has 200 valence electrons. The molecule has 5 rings (SSSR count). The van der Waals surface area contributed by atoms with E-state index < -0.39 is 33.3 Å². The first-order valence-corrected chi connectivity index (χ1v) is 14.1. The van der Waals surface area contributed by atoms with Gasteiger partial charge in [0.05, 0.1) is 16.3 Å². The maximum Gasteiger partial charge on any atom is 0.338 e. The molecule has 1 saturated carbocycles. The maximum absolute atomic E-state index is 14.2. The van der Waals surface area contributed by atoms with Gasteiger partial charge in [0.1, 0.15) is 10.7 Å². The van der Waals surface area contributed by atoms with Gasteiger partial charge in [0.15, 0.2) is 0 Å². The number of nitrogens with zero attached hydrogens (tertiary/aromatic N) is 3. The number of rotatable bonds is 4. The first-order valence-electron chi connectivity index (χ1n) is 12.3. The van der Waals surface area contributed by atoms with Gasteiger partial charge in [0.2, 0.25) is 16.0 Å². The summed E-state index contributed by atoms with van der Waals surface area (Å²) in [6.45, 7) is 0.284. The summed E-state index contributed by atoms with van der Waals surface area (Å²) in [6.07, 6.45) is 6.23. The van der Waals surface area contributed by atoms with E-state index in [0.717, 1.165) is 44.2 Å². The molecule has 0 radical (unpaired) electrons. The quantitative estimate of drug-likeness (QED) is 0.387. The number of sulfonamides is 1. The van der Waals surface area contributed by atoms with Crippen LogP contribution in [-0.2, 0) is 10.0 Å². The molecular formula is C27H26ClF2N3O4S. The summed E-state index contributed by atoms with van der Waals surface area (Å²) in [6, 6.07) is 8.84. The molecule has 2 aliphatic rings. The highest BCUT2D eigenvalue weighted by Crippen LogP contribution is 2.44. The highest BCUT2D eigenvalue weighted by atomic mass is 35.5. The van der Waals surface area contributed by atoms with Crippen molar-refractivity contribution in [2.75, 3.05) is 18.5 Å². The molecule has 1 aromatic heterocycles. The van der Waals surface area contributed by atoms with Gasteiger partial charge in [0, 0.05) is 43.1 Å². The molecule has 11 heteroatoms. The summed E-state index contributed by atoms with van der Waals surface area (Å²) in [5.41, 5.74) is 0.643. The third-order valence-electron chi connectivity index (χ3n) is 7.56. The number of fused-ring (bicyclic) bond motifs is 1. The van der Waals surface area contributed by atoms with Crippen molar-refractivity contribution in [1.82, 2.24) is 9.29 Å². The maximum atomic E-state index is 14.2. The standard InChI is InChI=1S/C27H26ClF2N3O4S/c1-32-24(16-5-3-2-4-6-16)15-33(18-9-10-31-26(30)12-18)23-14-21(28)19(13-25(23)38(32,36)37)17-7-8-22(29)20(11-17)27(34)35/h7-14,16,24H,2-6,15H2,1H3,(H,34,35)/t24-/m0/s1. The van der Waals surface area contributed by atoms with E-state index in [2.05, 4.69) is 4.98 Å². The van der Waals surface area contributed by atoms with Crippen LogP contribution >= 0.6 is 11.6 Å². The number of anilines is 2. The van der Waals surface area contributed by atoms with Crippen LogP contribution in [0.25, 0.3) is 11.1 Å². The molecule has 38 heavy (non-hydrogen) atoms. The van der Waals surface area contributed by atoms with Gasteiger partial charge < -0.3 is 10.0 Å². The SMILES string of the molecule is CN1[C@H](C2CCCCC2)CN(c2ccnc(F)c2)c2cc(Cl)c(-c3ccc(F)c(C(=O)O)c3)cc2S1(=O)=O. The molecule has 0 spiro atoms. The number of halogens is 3. The van der Waals surface area contributed by atoms with Gasteiger partial charge in [-0.2, -0.15) is 8.70 Å². The average Bonchev–Trinajstić information content (AvgIpc) is 2.97. The summed E-state index contributed by atoms with van der Waals surface area (Å²) in [7, 11) is -2.50. The predicted molar refractivity (Wildman–Crippen MR) is 140 cm³/mol. The van der Waals surface area contributed by atoms with Gasteiger partial charge in [-0.25, -0.2) is 22.6 Å². The van der Waals surface area contributed by atoms with E-state index in [1.165, 1.54) is 34.8 Å². The number of carbonyl (C=O) groups is 1. The van der Waals surface area contributed by atoms with Gasteiger partial charge in [-0.3, -0.25) is 0 Å². The number of hydrogen-bond donors (Lipinski definition) is 1. The third kappa shape index (κ3) is 4.76. The van der Waals surface area contributed by atoms with Crippen LogP contribution < -0.4 is 4.90 Å². The Morgan fingerprint density at radius 1 is 1.08 bits per heavy atom. The summed E-state index contributed by atoms with van der Waals surface area (Å²) >= 11 is 6.66. The molecule has 1 aliphatic heterocycles. The van der Waals surface area contributed by atoms with E-state index in [1.54, 1.807) is 18.0 Å². The Bertz CT molecular complexity index is 1510. The number of likely N-dealkylation sites (N-methyl/N-ethyl adjacent to an activating group) is 1. The first-order chi connectivity index (χ1) is 18.1. The summed E-state index contributed by atoms with van der Waals surface area (Å²) in [5, 5.41) is 9.51. The number of pyridine rings is 1. The van der Waals surface area contributed by atoms with Crippen molar-refractivity contribution in [1.29, 1.82) is 0 Å². The van der Waals surface area contributed by atoms with Gasteiger partial charge >= 0.3 is 5.97 Å². The highest BCUT2D eigenvalue weighted by molar-refractivity contribution is 7.89. The first kappa shape index (κ1) is 26.5. The lowest BCUT2D eigenvalue weighted by atomic mass is 9.83. The number of carboxylic acid groups (broad SMARTS) is 1. The molecule has 1 aliphatic carbocycles. The second kappa shape index (κ2) is 10.2. The van der Waals surface area contributed by atoms with Gasteiger partial charge in [-0.1, -0.05) is 36.9 Å². The van der Waals surface area contributed by atoms with Gasteiger partial charge in [0.25, 0.3) is 0 Å². The molecule has 1 fully saturated rings. The van der Waals surface area contributed by atoms with Crippen LogP contribution in [0.15, 0.2) is 53.6 Å². The van der Waals surface area contributed by atoms with Crippen LogP contribution in [0.4, 0.5) is 20.2 Å². The van der Waals surface area contributed by atoms with Crippen LogP contribution in [0, 0.1) is 17.7 Å². The highest BCUT2D eigenvalue weighted by Gasteiger charge is 2.41. The van der Waals surface area contributed by atoms with Crippen LogP contribution in [0.2, 0.25) is 5.02 Å². The summed E-state index contributed by atoms with van der Waals surface area (Å²) < 4.78 is 57.8. The van der Waals surface area contributed by atoms with Crippen LogP contribution in [0.3, 0.4) is 0 Å². The van der Waals surface area contributed by atoms with E-state index in [-0.39, 0.29) is 45.2 Å². The fourth-order valence-corrected chi connectivity index (χ4v) is 7.41. The summed E-state index contributed by atoms with van der Waals surface area (Å²) in [5.74, 6) is -2.95. The Balaban J connectivity index is 1.72. The van der Waals surface area contributed by atoms with Crippen molar-refractivity contribution >= 4 is 39.0 Å². The number of aromatic nitrogens is 1. The zero-order chi connectivity index (χ0) is 27.2. The molecule has 0 bridgehead atoms. The Morgan fingerprint density at radius 2 is 1.82 bits per heavy atom. The number of aromatic carboxylic acids is 1. The lowest BCUT2D eigenvalue weighted by Gasteiger charge is -2.36. The van der Waals surface area contributed by atoms with E-state index in [1.807, 2.05) is 0 Å². The van der Waals surface area contributed by atoms with E-state index in [9.17, 15) is 27.1 Å². The van der Waals surface area contributed by atoms with Gasteiger partial charge in [-0.15, -0.1) is 0 Å². The molecule has 1 N–H and O–H groups in total. The van der Waals surface area contributed by atoms with Crippen molar-refractivity contribution in [3.05, 3.63) is 71.0 Å². The van der Waals surface area contributed by atoms with Crippen LogP contribution in [0.5, 0.6) is 0 Å². The van der Waals surface area contributed by atoms with E-state index in [4.69, 9.17) is 11.6 Å². The predicted octanol–water partition coefficient (Wildman–Crippen LogP) is 6.10. The minimum Gasteiger partial charge on any atom is -0.478 e. The fraction of sp³-hybridized carbons (Fsp3) is 0.333. The molecule has 0 unspecified atom stereocenters. The summed E-state index contributed by atoms with van der Waals surface area (Å²) in [4.78, 5) is 16.8. The molecule has 2 heterocycles. The Labute approximate surface area is 224 Å². The zero-order valence-electron chi connectivity index (χ0n) is 20.6. The molecule has 2 aromatic carbocycles. The molecule has 1 atom stereocenters. The largest absolute Gasteiger partial charge is 0.478 e. The minimum atomic E-state index is -4.06. The Kier molecular flexibility index (Phi) is 7.15. The topological polar surface area (TPSA) is 90.8 Å². The Hall–Kier alpha value is -3.08. The second-order valence-electron chi connectivity index (χ2n) is 9.73. The van der Waals surface area contributed by atoms with E-state index in [0.29, 0.717) is 5.69 Å². The van der Waals surface area contributed by atoms with Crippen LogP contribution in [0.1, 0.15) is 42.5 Å². The van der Waals surface area contributed by atoms with Gasteiger partial charge in [-0.05, 0) is 54.7 Å². The van der Waals surface area contributed by atoms with Crippen molar-refractivity contribution in [3.63, 3.8) is 0 Å². The zero-order valence-corrected chi connectivity index (χ0v) is 22.1. The molecule has 3 aromatic rings. The third-order valence-corrected chi connectivity index (χ3v) is 9.78. The average molecular weight is 562 g/mol. The molecular weight excluding hydrogens is 536 g/mol. The number of benzene rings is 2. The van der Waals surface area contributed by atoms with Crippen molar-refractivity contribution in [2.24, 2.45) is 5.92 Å². The molecule has 0 saturated heterocycles. The van der Waals surface area contributed by atoms with E-state index >= 15 is 0 Å². The normalized spacial score (nSPS) is 20.1. The lowest BCUT2D eigenvalue weighted by Crippen LogP contribution is -2.46. The number of carboxylic acids is 1. The smallest absolute Gasteiger partial charge is 0.338 e. The lowest BCUT2D eigenvalue weighted by molar-refractivity contribution is 0.0692. The molecule has 0 amide bonds. The monoisotopic (exact) mass is 561 g/mol. The van der Waals surface area contributed by atoms with Crippen molar-refractivity contribution < 1.29 is 27.1 Å². The molecule has 7 nitrogen and oxygen atoms in total.